The lowest BCUT2D eigenvalue weighted by atomic mass is 9.96. The van der Waals surface area contributed by atoms with E-state index in [2.05, 4.69) is 22.5 Å². The summed E-state index contributed by atoms with van der Waals surface area (Å²) in [5.74, 6) is 0.883. The largest absolute Gasteiger partial charge is 0.497 e. The van der Waals surface area contributed by atoms with Gasteiger partial charge in [0.15, 0.2) is 0 Å². The molecule has 1 aliphatic heterocycles. The highest BCUT2D eigenvalue weighted by molar-refractivity contribution is 5.67. The lowest BCUT2D eigenvalue weighted by molar-refractivity contribution is 0.394. The van der Waals surface area contributed by atoms with Crippen LogP contribution >= 0.6 is 0 Å². The van der Waals surface area contributed by atoms with Gasteiger partial charge in [-0.1, -0.05) is 18.6 Å². The molecule has 1 unspecified atom stereocenters. The molecule has 1 aromatic heterocycles. The van der Waals surface area contributed by atoms with Crippen molar-refractivity contribution >= 4 is 0 Å². The lowest BCUT2D eigenvalue weighted by Gasteiger charge is -2.25. The first-order chi connectivity index (χ1) is 9.79. The average molecular weight is 271 g/mol. The van der Waals surface area contributed by atoms with Crippen LogP contribution in [0.1, 0.15) is 31.0 Å². The molecule has 4 nitrogen and oxygen atoms in total. The molecule has 2 aromatic rings. The molecule has 0 aliphatic carbocycles. The molecule has 0 radical (unpaired) electrons. The van der Waals surface area contributed by atoms with E-state index in [1.807, 2.05) is 30.1 Å². The maximum absolute atomic E-state index is 5.33. The zero-order valence-corrected chi connectivity index (χ0v) is 12.1. The van der Waals surface area contributed by atoms with E-state index in [4.69, 9.17) is 4.74 Å². The topological polar surface area (TPSA) is 39.1 Å². The van der Waals surface area contributed by atoms with Crippen LogP contribution in [0.5, 0.6) is 5.75 Å². The third kappa shape index (κ3) is 2.43. The Kier molecular flexibility index (Phi) is 3.74. The van der Waals surface area contributed by atoms with Gasteiger partial charge in [-0.15, -0.1) is 0 Å². The minimum absolute atomic E-state index is 0.400. The molecule has 1 atom stereocenters. The van der Waals surface area contributed by atoms with Crippen LogP contribution < -0.4 is 10.1 Å². The number of piperidine rings is 1. The SMILES string of the molecule is COc1cccc(-c2cnn(C)c2C2CCCCN2)c1. The smallest absolute Gasteiger partial charge is 0.119 e. The van der Waals surface area contributed by atoms with Crippen LogP contribution in [-0.4, -0.2) is 23.4 Å². The Bertz CT molecular complexity index is 585. The molecule has 1 saturated heterocycles. The second-order valence-electron chi connectivity index (χ2n) is 5.30. The van der Waals surface area contributed by atoms with E-state index in [1.165, 1.54) is 36.1 Å². The number of ether oxygens (including phenoxy) is 1. The summed E-state index contributed by atoms with van der Waals surface area (Å²) in [6.07, 6.45) is 5.68. The monoisotopic (exact) mass is 271 g/mol. The third-order valence-electron chi connectivity index (χ3n) is 4.01. The molecule has 4 heteroatoms. The van der Waals surface area contributed by atoms with Gasteiger partial charge in [-0.2, -0.15) is 5.10 Å². The number of nitrogens with zero attached hydrogens (tertiary/aromatic N) is 2. The van der Waals surface area contributed by atoms with Gasteiger partial charge in [0.25, 0.3) is 0 Å². The molecule has 1 fully saturated rings. The van der Waals surface area contributed by atoms with Crippen LogP contribution in [0.2, 0.25) is 0 Å². The number of nitrogens with one attached hydrogen (secondary N) is 1. The van der Waals surface area contributed by atoms with Crippen LogP contribution in [0.3, 0.4) is 0 Å². The normalized spacial score (nSPS) is 19.0. The molecule has 1 aromatic carbocycles. The number of rotatable bonds is 3. The minimum Gasteiger partial charge on any atom is -0.497 e. The summed E-state index contributed by atoms with van der Waals surface area (Å²) in [4.78, 5) is 0. The molecular weight excluding hydrogens is 250 g/mol. The van der Waals surface area contributed by atoms with E-state index in [-0.39, 0.29) is 0 Å². The van der Waals surface area contributed by atoms with Crippen molar-refractivity contribution in [2.24, 2.45) is 7.05 Å². The molecule has 0 spiro atoms. The van der Waals surface area contributed by atoms with E-state index in [0.717, 1.165) is 12.3 Å². The third-order valence-corrected chi connectivity index (χ3v) is 4.01. The minimum atomic E-state index is 0.400. The Labute approximate surface area is 119 Å². The quantitative estimate of drug-likeness (QED) is 0.933. The van der Waals surface area contributed by atoms with Gasteiger partial charge >= 0.3 is 0 Å². The van der Waals surface area contributed by atoms with E-state index in [0.29, 0.717) is 6.04 Å². The number of hydrogen-bond donors (Lipinski definition) is 1. The van der Waals surface area contributed by atoms with Crippen molar-refractivity contribution in [3.05, 3.63) is 36.2 Å². The second kappa shape index (κ2) is 5.67. The number of aryl methyl sites for hydroxylation is 1. The van der Waals surface area contributed by atoms with Gasteiger partial charge < -0.3 is 10.1 Å². The maximum atomic E-state index is 5.33. The van der Waals surface area contributed by atoms with Crippen molar-refractivity contribution in [1.82, 2.24) is 15.1 Å². The van der Waals surface area contributed by atoms with Crippen LogP contribution in [0.15, 0.2) is 30.5 Å². The number of hydrogen-bond acceptors (Lipinski definition) is 3. The van der Waals surface area contributed by atoms with Crippen molar-refractivity contribution in [1.29, 1.82) is 0 Å². The van der Waals surface area contributed by atoms with Gasteiger partial charge in [-0.3, -0.25) is 4.68 Å². The number of aromatic nitrogens is 2. The zero-order valence-electron chi connectivity index (χ0n) is 12.1. The van der Waals surface area contributed by atoms with E-state index in [1.54, 1.807) is 7.11 Å². The fraction of sp³-hybridized carbons (Fsp3) is 0.438. The van der Waals surface area contributed by atoms with Gasteiger partial charge in [0, 0.05) is 18.7 Å². The highest BCUT2D eigenvalue weighted by atomic mass is 16.5. The van der Waals surface area contributed by atoms with Crippen molar-refractivity contribution < 1.29 is 4.74 Å². The van der Waals surface area contributed by atoms with E-state index in [9.17, 15) is 0 Å². The zero-order chi connectivity index (χ0) is 13.9. The van der Waals surface area contributed by atoms with Crippen LogP contribution in [0.25, 0.3) is 11.1 Å². The van der Waals surface area contributed by atoms with Gasteiger partial charge in [0.2, 0.25) is 0 Å². The molecule has 0 saturated carbocycles. The summed E-state index contributed by atoms with van der Waals surface area (Å²) >= 11 is 0. The number of methoxy groups -OCH3 is 1. The highest BCUT2D eigenvalue weighted by Crippen LogP contribution is 2.33. The molecular formula is C16H21N3O. The standard InChI is InChI=1S/C16H21N3O/c1-19-16(15-8-3-4-9-17-15)14(11-18-19)12-6-5-7-13(10-12)20-2/h5-7,10-11,15,17H,3-4,8-9H2,1-2H3. The molecule has 2 heterocycles. The van der Waals surface area contributed by atoms with Crippen molar-refractivity contribution in [2.45, 2.75) is 25.3 Å². The van der Waals surface area contributed by atoms with Crippen LogP contribution in [0.4, 0.5) is 0 Å². The maximum Gasteiger partial charge on any atom is 0.119 e. The molecule has 3 rings (SSSR count). The fourth-order valence-corrected chi connectivity index (χ4v) is 2.96. The van der Waals surface area contributed by atoms with Gasteiger partial charge in [-0.25, -0.2) is 0 Å². The summed E-state index contributed by atoms with van der Waals surface area (Å²) in [5, 5.41) is 8.07. The number of benzene rings is 1. The van der Waals surface area contributed by atoms with Gasteiger partial charge in [0.1, 0.15) is 5.75 Å². The first-order valence-corrected chi connectivity index (χ1v) is 7.19. The summed E-state index contributed by atoms with van der Waals surface area (Å²) in [6.45, 7) is 1.09. The Hall–Kier alpha value is -1.81. The summed E-state index contributed by atoms with van der Waals surface area (Å²) in [7, 11) is 3.72. The predicted molar refractivity (Wildman–Crippen MR) is 79.8 cm³/mol. The van der Waals surface area contributed by atoms with Crippen molar-refractivity contribution in [2.75, 3.05) is 13.7 Å². The molecule has 0 bridgehead atoms. The first kappa shape index (κ1) is 13.2. The average Bonchev–Trinajstić information content (AvgIpc) is 2.90. The van der Waals surface area contributed by atoms with Crippen LogP contribution in [-0.2, 0) is 7.05 Å². The lowest BCUT2D eigenvalue weighted by Crippen LogP contribution is -2.28. The van der Waals surface area contributed by atoms with Gasteiger partial charge in [-0.05, 0) is 37.1 Å². The van der Waals surface area contributed by atoms with Gasteiger partial charge in [0.05, 0.1) is 19.0 Å². The fourth-order valence-electron chi connectivity index (χ4n) is 2.96. The molecule has 1 N–H and O–H groups in total. The Morgan fingerprint density at radius 1 is 1.35 bits per heavy atom. The first-order valence-electron chi connectivity index (χ1n) is 7.19. The summed E-state index contributed by atoms with van der Waals surface area (Å²) in [5.41, 5.74) is 3.64. The van der Waals surface area contributed by atoms with E-state index >= 15 is 0 Å². The Balaban J connectivity index is 2.00. The molecule has 1 aliphatic rings. The Morgan fingerprint density at radius 2 is 2.25 bits per heavy atom. The molecule has 20 heavy (non-hydrogen) atoms. The summed E-state index contributed by atoms with van der Waals surface area (Å²) < 4.78 is 7.32. The van der Waals surface area contributed by atoms with Crippen LogP contribution in [0, 0.1) is 0 Å². The predicted octanol–water partition coefficient (Wildman–Crippen LogP) is 2.91. The second-order valence-corrected chi connectivity index (χ2v) is 5.30. The van der Waals surface area contributed by atoms with E-state index < -0.39 is 0 Å². The van der Waals surface area contributed by atoms with Crippen molar-refractivity contribution in [3.8, 4) is 16.9 Å². The van der Waals surface area contributed by atoms with Crippen molar-refractivity contribution in [3.63, 3.8) is 0 Å². The Morgan fingerprint density at radius 3 is 3.00 bits per heavy atom. The molecule has 0 amide bonds. The molecule has 106 valence electrons. The highest BCUT2D eigenvalue weighted by Gasteiger charge is 2.22. The summed E-state index contributed by atoms with van der Waals surface area (Å²) in [6, 6.07) is 8.59.